The number of hydrogen-bond donors (Lipinski definition) is 1. The van der Waals surface area contributed by atoms with E-state index in [2.05, 4.69) is 0 Å². The molecule has 1 amide bonds. The van der Waals surface area contributed by atoms with Crippen LogP contribution in [0.25, 0.3) is 0 Å². The van der Waals surface area contributed by atoms with Crippen LogP contribution in [0, 0.1) is 0 Å². The molecule has 128 valence electrons. The largest absolute Gasteiger partial charge is 0.478 e. The van der Waals surface area contributed by atoms with E-state index < -0.39 is 29.4 Å². The molecule has 0 aromatic heterocycles. The minimum Gasteiger partial charge on any atom is -0.478 e. The van der Waals surface area contributed by atoms with Gasteiger partial charge in [0.1, 0.15) is 11.4 Å². The first-order valence-electron chi connectivity index (χ1n) is 7.41. The Labute approximate surface area is 132 Å². The molecule has 1 aromatic rings. The Bertz CT molecular complexity index is 549. The lowest BCUT2D eigenvalue weighted by Gasteiger charge is -2.33. The van der Waals surface area contributed by atoms with Crippen molar-refractivity contribution in [3.8, 4) is 5.75 Å². The van der Waals surface area contributed by atoms with Crippen LogP contribution < -0.4 is 4.74 Å². The molecule has 1 fully saturated rings. The van der Waals surface area contributed by atoms with Crippen molar-refractivity contribution in [3.63, 3.8) is 0 Å². The minimum absolute atomic E-state index is 0.124. The summed E-state index contributed by atoms with van der Waals surface area (Å²) >= 11 is 0. The molecule has 23 heavy (non-hydrogen) atoms. The van der Waals surface area contributed by atoms with Gasteiger partial charge in [-0.3, -0.25) is 4.79 Å². The number of alkyl halides is 3. The van der Waals surface area contributed by atoms with E-state index in [9.17, 15) is 23.1 Å². The van der Waals surface area contributed by atoms with E-state index in [4.69, 9.17) is 4.74 Å². The van der Waals surface area contributed by atoms with Gasteiger partial charge in [0.2, 0.25) is 6.10 Å². The van der Waals surface area contributed by atoms with Gasteiger partial charge in [-0.1, -0.05) is 12.8 Å². The van der Waals surface area contributed by atoms with Crippen LogP contribution in [0.3, 0.4) is 0 Å². The highest BCUT2D eigenvalue weighted by Gasteiger charge is 2.46. The van der Waals surface area contributed by atoms with Gasteiger partial charge in [0.05, 0.1) is 5.56 Å². The summed E-state index contributed by atoms with van der Waals surface area (Å²) in [5, 5.41) is 10.7. The van der Waals surface area contributed by atoms with Crippen molar-refractivity contribution in [2.75, 3.05) is 14.1 Å². The third kappa shape index (κ3) is 3.96. The van der Waals surface area contributed by atoms with Crippen LogP contribution in [0.2, 0.25) is 0 Å². The van der Waals surface area contributed by atoms with Gasteiger partial charge >= 0.3 is 6.18 Å². The normalized spacial score (nSPS) is 18.5. The van der Waals surface area contributed by atoms with E-state index in [1.54, 1.807) is 14.1 Å². The summed E-state index contributed by atoms with van der Waals surface area (Å²) in [7, 11) is 3.09. The van der Waals surface area contributed by atoms with Crippen LogP contribution in [0.15, 0.2) is 24.3 Å². The minimum atomic E-state index is -4.43. The highest BCUT2D eigenvalue weighted by Crippen LogP contribution is 2.36. The first-order chi connectivity index (χ1) is 10.6. The number of amides is 1. The van der Waals surface area contributed by atoms with Gasteiger partial charge in [0.25, 0.3) is 5.91 Å². The van der Waals surface area contributed by atoms with Crippen LogP contribution in [-0.4, -0.2) is 41.7 Å². The Kier molecular flexibility index (Phi) is 4.89. The second kappa shape index (κ2) is 6.39. The first kappa shape index (κ1) is 17.6. The fourth-order valence-corrected chi connectivity index (χ4v) is 2.73. The van der Waals surface area contributed by atoms with Gasteiger partial charge in [-0.2, -0.15) is 13.2 Å². The molecule has 1 aliphatic rings. The van der Waals surface area contributed by atoms with Gasteiger partial charge < -0.3 is 14.7 Å². The van der Waals surface area contributed by atoms with E-state index in [0.717, 1.165) is 37.1 Å². The summed E-state index contributed by atoms with van der Waals surface area (Å²) in [6.07, 6.45) is -3.14. The highest BCUT2D eigenvalue weighted by atomic mass is 19.4. The predicted octanol–water partition coefficient (Wildman–Crippen LogP) is 2.85. The average Bonchev–Trinajstić information content (AvgIpc) is 2.91. The Morgan fingerprint density at radius 2 is 1.74 bits per heavy atom. The maximum absolute atomic E-state index is 12.6. The Balaban J connectivity index is 2.22. The monoisotopic (exact) mass is 331 g/mol. The van der Waals surface area contributed by atoms with E-state index >= 15 is 0 Å². The number of hydrogen-bond acceptors (Lipinski definition) is 3. The third-order valence-corrected chi connectivity index (χ3v) is 4.06. The zero-order chi connectivity index (χ0) is 17.3. The standard InChI is InChI=1S/C16H20F3NO3/c1-20(2)14(21)13(15(22)9-3-4-10-15)23-12-7-5-11(6-8-12)16(17,18)19/h5-8,13,22H,3-4,9-10H2,1-2H3. The molecule has 0 bridgehead atoms. The summed E-state index contributed by atoms with van der Waals surface area (Å²) in [5.41, 5.74) is -2.08. The zero-order valence-electron chi connectivity index (χ0n) is 13.1. The molecule has 0 saturated heterocycles. The second-order valence-corrected chi connectivity index (χ2v) is 6.06. The van der Waals surface area contributed by atoms with Crippen molar-refractivity contribution in [2.45, 2.75) is 43.6 Å². The number of halogens is 3. The number of carbonyl (C=O) groups is 1. The van der Waals surface area contributed by atoms with Crippen LogP contribution in [0.1, 0.15) is 31.2 Å². The van der Waals surface area contributed by atoms with Crippen LogP contribution in [0.4, 0.5) is 13.2 Å². The Morgan fingerprint density at radius 1 is 1.22 bits per heavy atom. The molecule has 0 radical (unpaired) electrons. The lowest BCUT2D eigenvalue weighted by Crippen LogP contribution is -2.52. The number of aliphatic hydroxyl groups is 1. The number of ether oxygens (including phenoxy) is 1. The van der Waals surface area contributed by atoms with Crippen molar-refractivity contribution in [1.29, 1.82) is 0 Å². The number of nitrogens with zero attached hydrogens (tertiary/aromatic N) is 1. The molecule has 1 saturated carbocycles. The number of carbonyl (C=O) groups excluding carboxylic acids is 1. The zero-order valence-corrected chi connectivity index (χ0v) is 13.1. The summed E-state index contributed by atoms with van der Waals surface area (Å²) < 4.78 is 43.3. The maximum atomic E-state index is 12.6. The lowest BCUT2D eigenvalue weighted by molar-refractivity contribution is -0.150. The summed E-state index contributed by atoms with van der Waals surface area (Å²) in [6, 6.07) is 4.12. The number of rotatable bonds is 4. The fourth-order valence-electron chi connectivity index (χ4n) is 2.73. The van der Waals surface area contributed by atoms with Crippen molar-refractivity contribution < 1.29 is 27.8 Å². The lowest BCUT2D eigenvalue weighted by atomic mass is 9.93. The predicted molar refractivity (Wildman–Crippen MR) is 78.0 cm³/mol. The van der Waals surface area contributed by atoms with Gasteiger partial charge in [-0.05, 0) is 37.1 Å². The Morgan fingerprint density at radius 3 is 2.17 bits per heavy atom. The number of benzene rings is 1. The average molecular weight is 331 g/mol. The molecular formula is C16H20F3NO3. The van der Waals surface area contributed by atoms with E-state index in [1.807, 2.05) is 0 Å². The summed E-state index contributed by atoms with van der Waals surface area (Å²) in [5.74, 6) is -0.284. The molecule has 0 spiro atoms. The molecule has 4 nitrogen and oxygen atoms in total. The maximum Gasteiger partial charge on any atom is 0.416 e. The molecule has 1 atom stereocenters. The molecule has 1 N–H and O–H groups in total. The highest BCUT2D eigenvalue weighted by molar-refractivity contribution is 5.82. The van der Waals surface area contributed by atoms with Gasteiger partial charge in [-0.25, -0.2) is 0 Å². The van der Waals surface area contributed by atoms with Gasteiger partial charge in [-0.15, -0.1) is 0 Å². The van der Waals surface area contributed by atoms with Crippen molar-refractivity contribution in [1.82, 2.24) is 4.90 Å². The van der Waals surface area contributed by atoms with Crippen molar-refractivity contribution in [2.24, 2.45) is 0 Å². The summed E-state index contributed by atoms with van der Waals surface area (Å²) in [4.78, 5) is 13.6. The van der Waals surface area contributed by atoms with Crippen molar-refractivity contribution in [3.05, 3.63) is 29.8 Å². The SMILES string of the molecule is CN(C)C(=O)C(Oc1ccc(C(F)(F)F)cc1)C1(O)CCCC1. The molecule has 7 heteroatoms. The number of likely N-dealkylation sites (N-methyl/N-ethyl adjacent to an activating group) is 1. The molecule has 2 rings (SSSR count). The van der Waals surface area contributed by atoms with E-state index in [0.29, 0.717) is 12.8 Å². The molecule has 1 unspecified atom stereocenters. The van der Waals surface area contributed by atoms with Crippen LogP contribution >= 0.6 is 0 Å². The summed E-state index contributed by atoms with van der Waals surface area (Å²) in [6.45, 7) is 0. The molecule has 0 aliphatic heterocycles. The van der Waals surface area contributed by atoms with Gasteiger partial charge in [0.15, 0.2) is 0 Å². The quantitative estimate of drug-likeness (QED) is 0.923. The second-order valence-electron chi connectivity index (χ2n) is 6.06. The van der Waals surface area contributed by atoms with Gasteiger partial charge in [0, 0.05) is 14.1 Å². The van der Waals surface area contributed by atoms with Crippen LogP contribution in [0.5, 0.6) is 5.75 Å². The van der Waals surface area contributed by atoms with E-state index in [-0.39, 0.29) is 5.75 Å². The molecule has 1 aliphatic carbocycles. The topological polar surface area (TPSA) is 49.8 Å². The smallest absolute Gasteiger partial charge is 0.416 e. The van der Waals surface area contributed by atoms with E-state index in [1.165, 1.54) is 4.90 Å². The van der Waals surface area contributed by atoms with Crippen LogP contribution in [-0.2, 0) is 11.0 Å². The molecule has 0 heterocycles. The molecule has 1 aromatic carbocycles. The van der Waals surface area contributed by atoms with Crippen molar-refractivity contribution >= 4 is 5.91 Å². The molecular weight excluding hydrogens is 311 g/mol. The third-order valence-electron chi connectivity index (χ3n) is 4.06. The Hall–Kier alpha value is -1.76. The first-order valence-corrected chi connectivity index (χ1v) is 7.41. The fraction of sp³-hybridized carbons (Fsp3) is 0.562.